The van der Waals surface area contributed by atoms with E-state index in [2.05, 4.69) is 16.0 Å². The molecular weight excluding hydrogens is 512 g/mol. The molecule has 0 radical (unpaired) electrons. The van der Waals surface area contributed by atoms with Gasteiger partial charge in [-0.3, -0.25) is 14.4 Å². The molecule has 0 aromatic heterocycles. The summed E-state index contributed by atoms with van der Waals surface area (Å²) in [5.74, 6) is -2.93. The van der Waals surface area contributed by atoms with Crippen LogP contribution >= 0.6 is 11.8 Å². The third-order valence-electron chi connectivity index (χ3n) is 5.69. The largest absolute Gasteiger partial charge is 0.508 e. The molecule has 38 heavy (non-hydrogen) atoms. The molecule has 11 nitrogen and oxygen atoms in total. The maximum Gasteiger partial charge on any atom is 0.326 e. The van der Waals surface area contributed by atoms with Crippen LogP contribution in [0.4, 0.5) is 0 Å². The standard InChI is InChI=1S/C26H34N4O7S/c1-38-12-11-20(28-23(33)19(27)13-16-5-3-2-4-6-16)24(34)30-22(15-31)25(35)29-21(26(36)37)14-17-7-9-18(32)10-8-17/h2-10,19-22,31-32H,11-15,27H2,1H3,(H,28,33)(H,29,35)(H,30,34)(H,36,37). The van der Waals surface area contributed by atoms with Gasteiger partial charge in [-0.1, -0.05) is 42.5 Å². The predicted octanol–water partition coefficient (Wildman–Crippen LogP) is -0.211. The number of aliphatic carboxylic acids is 1. The van der Waals surface area contributed by atoms with Crippen LogP contribution in [0.2, 0.25) is 0 Å². The van der Waals surface area contributed by atoms with Crippen LogP contribution in [0, 0.1) is 0 Å². The Labute approximate surface area is 225 Å². The van der Waals surface area contributed by atoms with E-state index in [4.69, 9.17) is 5.73 Å². The molecule has 0 saturated heterocycles. The summed E-state index contributed by atoms with van der Waals surface area (Å²) < 4.78 is 0. The third-order valence-corrected chi connectivity index (χ3v) is 6.33. The Morgan fingerprint density at radius 2 is 1.37 bits per heavy atom. The van der Waals surface area contributed by atoms with Crippen molar-refractivity contribution in [3.05, 3.63) is 65.7 Å². The molecule has 0 heterocycles. The summed E-state index contributed by atoms with van der Waals surface area (Å²) >= 11 is 1.46. The molecule has 0 bridgehead atoms. The van der Waals surface area contributed by atoms with Crippen LogP contribution in [0.5, 0.6) is 5.75 Å². The van der Waals surface area contributed by atoms with Gasteiger partial charge in [0.05, 0.1) is 12.6 Å². The van der Waals surface area contributed by atoms with Crippen molar-refractivity contribution < 1.29 is 34.5 Å². The minimum absolute atomic E-state index is 0.0110. The van der Waals surface area contributed by atoms with Gasteiger partial charge in [-0.15, -0.1) is 0 Å². The Morgan fingerprint density at radius 3 is 1.95 bits per heavy atom. The summed E-state index contributed by atoms with van der Waals surface area (Å²) in [4.78, 5) is 50.1. The average Bonchev–Trinajstić information content (AvgIpc) is 2.90. The van der Waals surface area contributed by atoms with E-state index >= 15 is 0 Å². The highest BCUT2D eigenvalue weighted by atomic mass is 32.2. The zero-order valence-electron chi connectivity index (χ0n) is 21.0. The fraction of sp³-hybridized carbons (Fsp3) is 0.385. The number of amides is 3. The molecule has 0 aliphatic heterocycles. The lowest BCUT2D eigenvalue weighted by atomic mass is 10.0. The summed E-state index contributed by atoms with van der Waals surface area (Å²) in [7, 11) is 0. The van der Waals surface area contributed by atoms with Crippen molar-refractivity contribution in [1.29, 1.82) is 0 Å². The van der Waals surface area contributed by atoms with Gasteiger partial charge in [0, 0.05) is 6.42 Å². The number of phenols is 1. The molecule has 0 spiro atoms. The monoisotopic (exact) mass is 546 g/mol. The fourth-order valence-electron chi connectivity index (χ4n) is 3.55. The van der Waals surface area contributed by atoms with Crippen LogP contribution in [0.1, 0.15) is 17.5 Å². The van der Waals surface area contributed by atoms with Crippen molar-refractivity contribution in [3.8, 4) is 5.75 Å². The van der Waals surface area contributed by atoms with Crippen molar-refractivity contribution in [2.24, 2.45) is 5.73 Å². The molecule has 0 saturated carbocycles. The van der Waals surface area contributed by atoms with E-state index in [-0.39, 0.29) is 25.0 Å². The van der Waals surface area contributed by atoms with E-state index in [0.29, 0.717) is 11.3 Å². The Balaban J connectivity index is 2.03. The highest BCUT2D eigenvalue weighted by molar-refractivity contribution is 7.98. The molecule has 12 heteroatoms. The van der Waals surface area contributed by atoms with E-state index < -0.39 is 54.5 Å². The third kappa shape index (κ3) is 10.0. The van der Waals surface area contributed by atoms with Crippen molar-refractivity contribution in [3.63, 3.8) is 0 Å². The first kappa shape index (κ1) is 30.6. The minimum Gasteiger partial charge on any atom is -0.508 e. The van der Waals surface area contributed by atoms with Gasteiger partial charge in [0.15, 0.2) is 0 Å². The minimum atomic E-state index is -1.45. The zero-order chi connectivity index (χ0) is 28.1. The molecule has 0 fully saturated rings. The number of nitrogens with one attached hydrogen (secondary N) is 3. The number of nitrogens with two attached hydrogens (primary N) is 1. The molecule has 3 amide bonds. The Kier molecular flexibility index (Phi) is 12.6. The number of carbonyl (C=O) groups is 4. The number of rotatable bonds is 15. The van der Waals surface area contributed by atoms with Crippen molar-refractivity contribution in [1.82, 2.24) is 16.0 Å². The topological polar surface area (TPSA) is 191 Å². The Bertz CT molecular complexity index is 1070. The lowest BCUT2D eigenvalue weighted by molar-refractivity contribution is -0.142. The molecular formula is C26H34N4O7S. The SMILES string of the molecule is CSCCC(NC(=O)C(N)Cc1ccccc1)C(=O)NC(CO)C(=O)NC(Cc1ccc(O)cc1)C(=O)O. The maximum absolute atomic E-state index is 13.0. The van der Waals surface area contributed by atoms with Crippen molar-refractivity contribution in [2.75, 3.05) is 18.6 Å². The average molecular weight is 547 g/mol. The number of hydrogen-bond donors (Lipinski definition) is 7. The van der Waals surface area contributed by atoms with Gasteiger partial charge in [-0.2, -0.15) is 11.8 Å². The van der Waals surface area contributed by atoms with Crippen molar-refractivity contribution >= 4 is 35.5 Å². The summed E-state index contributed by atoms with van der Waals surface area (Å²) in [5, 5.41) is 36.0. The Morgan fingerprint density at radius 1 is 0.816 bits per heavy atom. The number of carboxylic acid groups (broad SMARTS) is 1. The van der Waals surface area contributed by atoms with Gasteiger partial charge in [0.2, 0.25) is 17.7 Å². The molecule has 0 aliphatic carbocycles. The van der Waals surface area contributed by atoms with E-state index in [1.807, 2.05) is 36.6 Å². The van der Waals surface area contributed by atoms with Crippen molar-refractivity contribution in [2.45, 2.75) is 43.4 Å². The number of thioether (sulfide) groups is 1. The highest BCUT2D eigenvalue weighted by Gasteiger charge is 2.30. The number of aliphatic hydroxyl groups excluding tert-OH is 1. The van der Waals surface area contributed by atoms with Gasteiger partial charge in [0.25, 0.3) is 0 Å². The normalized spacial score (nSPS) is 14.0. The smallest absolute Gasteiger partial charge is 0.326 e. The van der Waals surface area contributed by atoms with Gasteiger partial charge in [0.1, 0.15) is 23.9 Å². The molecule has 2 rings (SSSR count). The molecule has 2 aromatic carbocycles. The second kappa shape index (κ2) is 15.6. The second-order valence-electron chi connectivity index (χ2n) is 8.65. The molecule has 8 N–H and O–H groups in total. The predicted molar refractivity (Wildman–Crippen MR) is 143 cm³/mol. The number of aliphatic hydroxyl groups is 1. The number of carbonyl (C=O) groups excluding carboxylic acids is 3. The number of carboxylic acids is 1. The number of benzene rings is 2. The fourth-order valence-corrected chi connectivity index (χ4v) is 4.02. The van der Waals surface area contributed by atoms with Crippen LogP contribution in [-0.2, 0) is 32.0 Å². The highest BCUT2D eigenvalue weighted by Crippen LogP contribution is 2.12. The lowest BCUT2D eigenvalue weighted by Gasteiger charge is -2.24. The zero-order valence-corrected chi connectivity index (χ0v) is 21.8. The number of phenolic OH excluding ortho intramolecular Hbond substituents is 1. The van der Waals surface area contributed by atoms with Gasteiger partial charge < -0.3 is 37.0 Å². The number of aromatic hydroxyl groups is 1. The summed E-state index contributed by atoms with van der Waals surface area (Å²) in [5.41, 5.74) is 7.44. The first-order valence-electron chi connectivity index (χ1n) is 12.0. The van der Waals surface area contributed by atoms with E-state index in [1.165, 1.54) is 36.0 Å². The Hall–Kier alpha value is -3.61. The molecule has 206 valence electrons. The summed E-state index contributed by atoms with van der Waals surface area (Å²) in [6.07, 6.45) is 2.26. The number of hydrogen-bond acceptors (Lipinski definition) is 8. The van der Waals surface area contributed by atoms with Gasteiger partial charge >= 0.3 is 5.97 Å². The van der Waals surface area contributed by atoms with E-state index in [0.717, 1.165) is 5.56 Å². The summed E-state index contributed by atoms with van der Waals surface area (Å²) in [6.45, 7) is -0.792. The van der Waals surface area contributed by atoms with E-state index in [9.17, 15) is 34.5 Å². The van der Waals surface area contributed by atoms with E-state index in [1.54, 1.807) is 0 Å². The molecule has 4 atom stereocenters. The molecule has 2 aromatic rings. The van der Waals surface area contributed by atoms with Crippen LogP contribution in [0.15, 0.2) is 54.6 Å². The van der Waals surface area contributed by atoms with Crippen LogP contribution in [-0.4, -0.2) is 81.8 Å². The van der Waals surface area contributed by atoms with Gasteiger partial charge in [-0.25, -0.2) is 4.79 Å². The van der Waals surface area contributed by atoms with Crippen LogP contribution < -0.4 is 21.7 Å². The first-order valence-corrected chi connectivity index (χ1v) is 13.3. The maximum atomic E-state index is 13.0. The summed E-state index contributed by atoms with van der Waals surface area (Å²) in [6, 6.07) is 10.3. The molecule has 0 aliphatic rings. The van der Waals surface area contributed by atoms with Crippen LogP contribution in [0.3, 0.4) is 0 Å². The molecule has 4 unspecified atom stereocenters. The first-order chi connectivity index (χ1) is 18.1. The van der Waals surface area contributed by atoms with Crippen LogP contribution in [0.25, 0.3) is 0 Å². The quantitative estimate of drug-likeness (QED) is 0.158. The lowest BCUT2D eigenvalue weighted by Crippen LogP contribution is -2.58. The van der Waals surface area contributed by atoms with Gasteiger partial charge in [-0.05, 0) is 48.1 Å². The second-order valence-corrected chi connectivity index (χ2v) is 9.64.